The summed E-state index contributed by atoms with van der Waals surface area (Å²) in [5.41, 5.74) is 0.0371. The van der Waals surface area contributed by atoms with Crippen LogP contribution in [-0.4, -0.2) is 12.1 Å². The minimum atomic E-state index is 0.0371. The molecular weight excluding hydrogens is 320 g/mol. The van der Waals surface area contributed by atoms with Gasteiger partial charge in [0.2, 0.25) is 0 Å². The molecule has 0 aromatic heterocycles. The fourth-order valence-electron chi connectivity index (χ4n) is 5.63. The van der Waals surface area contributed by atoms with E-state index in [-0.39, 0.29) is 5.41 Å². The molecule has 4 aliphatic carbocycles. The Bertz CT molecular complexity index is 561. The van der Waals surface area contributed by atoms with Crippen molar-refractivity contribution in [3.63, 3.8) is 0 Å². The van der Waals surface area contributed by atoms with Crippen LogP contribution < -0.4 is 0 Å². The highest BCUT2D eigenvalue weighted by atomic mass is 16.1. The fourth-order valence-corrected chi connectivity index (χ4v) is 5.63. The fraction of sp³-hybridized carbons (Fsp3) is 0.750. The normalized spacial score (nSPS) is 39.2. The molecule has 4 bridgehead atoms. The highest BCUT2D eigenvalue weighted by molar-refractivity contribution is 5.86. The molecule has 2 heteroatoms. The first kappa shape index (κ1) is 19.6. The second kappa shape index (κ2) is 8.67. The van der Waals surface area contributed by atoms with Crippen molar-refractivity contribution in [2.24, 2.45) is 35.0 Å². The zero-order chi connectivity index (χ0) is 18.6. The van der Waals surface area contributed by atoms with Crippen molar-refractivity contribution in [2.45, 2.75) is 78.1 Å². The predicted octanol–water partition coefficient (Wildman–Crippen LogP) is 5.92. The molecule has 4 rings (SSSR count). The van der Waals surface area contributed by atoms with Crippen LogP contribution in [0.2, 0.25) is 0 Å². The van der Waals surface area contributed by atoms with E-state index in [1.54, 1.807) is 0 Å². The lowest BCUT2D eigenvalue weighted by atomic mass is 9.73. The van der Waals surface area contributed by atoms with Crippen LogP contribution in [-0.2, 0) is 9.59 Å². The van der Waals surface area contributed by atoms with Crippen molar-refractivity contribution >= 4 is 12.1 Å². The molecule has 144 valence electrons. The highest BCUT2D eigenvalue weighted by Gasteiger charge is 2.47. The van der Waals surface area contributed by atoms with E-state index in [2.05, 4.69) is 38.2 Å². The molecule has 26 heavy (non-hydrogen) atoms. The Kier molecular flexibility index (Phi) is 6.53. The zero-order valence-electron chi connectivity index (χ0n) is 16.7. The van der Waals surface area contributed by atoms with E-state index in [1.165, 1.54) is 38.4 Å². The van der Waals surface area contributed by atoms with Gasteiger partial charge in [-0.2, -0.15) is 0 Å². The monoisotopic (exact) mass is 356 g/mol. The van der Waals surface area contributed by atoms with Crippen LogP contribution >= 0.6 is 0 Å². The van der Waals surface area contributed by atoms with Gasteiger partial charge in [-0.15, -0.1) is 0 Å². The molecule has 0 aromatic carbocycles. The quantitative estimate of drug-likeness (QED) is 0.419. The van der Waals surface area contributed by atoms with Crippen LogP contribution in [0.4, 0.5) is 0 Å². The summed E-state index contributed by atoms with van der Waals surface area (Å²) in [4.78, 5) is 23.0. The number of hydrogen-bond acceptors (Lipinski definition) is 2. The Balaban J connectivity index is 0.000000151. The molecule has 2 saturated carbocycles. The molecule has 0 aliphatic heterocycles. The van der Waals surface area contributed by atoms with E-state index in [0.29, 0.717) is 29.5 Å². The van der Waals surface area contributed by atoms with E-state index < -0.39 is 0 Å². The van der Waals surface area contributed by atoms with Gasteiger partial charge in [0.1, 0.15) is 12.1 Å². The third kappa shape index (κ3) is 4.05. The van der Waals surface area contributed by atoms with Gasteiger partial charge >= 0.3 is 0 Å². The number of unbranched alkanes of at least 4 members (excludes halogenated alkanes) is 2. The van der Waals surface area contributed by atoms with Crippen molar-refractivity contribution in [1.82, 2.24) is 0 Å². The van der Waals surface area contributed by atoms with Crippen molar-refractivity contribution in [1.29, 1.82) is 0 Å². The smallest absolute Gasteiger partial charge is 0.142 e. The van der Waals surface area contributed by atoms with Crippen molar-refractivity contribution < 1.29 is 9.59 Å². The molecule has 6 atom stereocenters. The first-order valence-corrected chi connectivity index (χ1v) is 11.0. The number of ketones is 1. The first-order chi connectivity index (χ1) is 12.6. The summed E-state index contributed by atoms with van der Waals surface area (Å²) < 4.78 is 0. The summed E-state index contributed by atoms with van der Waals surface area (Å²) in [5, 5.41) is 0. The molecule has 0 N–H and O–H groups in total. The highest BCUT2D eigenvalue weighted by Crippen LogP contribution is 2.53. The van der Waals surface area contributed by atoms with Crippen LogP contribution in [0.25, 0.3) is 0 Å². The third-order valence-corrected chi connectivity index (χ3v) is 7.22. The van der Waals surface area contributed by atoms with E-state index in [9.17, 15) is 9.59 Å². The van der Waals surface area contributed by atoms with Crippen LogP contribution in [0, 0.1) is 35.0 Å². The maximum atomic E-state index is 11.8. The van der Waals surface area contributed by atoms with Gasteiger partial charge in [-0.3, -0.25) is 4.79 Å². The zero-order valence-corrected chi connectivity index (χ0v) is 16.7. The first-order valence-electron chi connectivity index (χ1n) is 11.0. The number of rotatable bonds is 7. The lowest BCUT2D eigenvalue weighted by Crippen LogP contribution is -2.28. The minimum Gasteiger partial charge on any atom is -0.303 e. The maximum absolute atomic E-state index is 11.8. The van der Waals surface area contributed by atoms with Gasteiger partial charge in [0.15, 0.2) is 0 Å². The average Bonchev–Trinajstić information content (AvgIpc) is 3.37. The summed E-state index contributed by atoms with van der Waals surface area (Å²) >= 11 is 0. The van der Waals surface area contributed by atoms with Gasteiger partial charge in [0.05, 0.1) is 0 Å². The molecule has 0 spiro atoms. The summed E-state index contributed by atoms with van der Waals surface area (Å²) in [6.45, 7) is 4.39. The second-order valence-corrected chi connectivity index (χ2v) is 9.11. The second-order valence-electron chi connectivity index (χ2n) is 9.11. The SMILES string of the molecule is CCCCC1(C=O)CC2C=CC1C2.CCCCC1CC2C=CC(C2)C1=O. The molecular formula is C24H36O2. The number of aldehydes is 1. The van der Waals surface area contributed by atoms with Gasteiger partial charge in [-0.05, 0) is 56.3 Å². The summed E-state index contributed by atoms with van der Waals surface area (Å²) in [6.07, 6.45) is 21.9. The van der Waals surface area contributed by atoms with Gasteiger partial charge in [0.25, 0.3) is 0 Å². The summed E-state index contributed by atoms with van der Waals surface area (Å²) in [5.74, 6) is 3.22. The Morgan fingerprint density at radius 2 is 1.77 bits per heavy atom. The Morgan fingerprint density at radius 3 is 2.38 bits per heavy atom. The molecule has 0 aromatic rings. The largest absolute Gasteiger partial charge is 0.303 e. The van der Waals surface area contributed by atoms with Crippen LogP contribution in [0.15, 0.2) is 24.3 Å². The maximum Gasteiger partial charge on any atom is 0.142 e. The third-order valence-electron chi connectivity index (χ3n) is 7.22. The molecule has 2 fully saturated rings. The molecule has 4 aliphatic rings. The lowest BCUT2D eigenvalue weighted by Gasteiger charge is -2.29. The molecule has 0 saturated heterocycles. The number of Topliss-reactive ketones (excluding diaryl/α,β-unsaturated/α-hetero) is 1. The predicted molar refractivity (Wildman–Crippen MR) is 107 cm³/mol. The van der Waals surface area contributed by atoms with Crippen LogP contribution in [0.1, 0.15) is 78.1 Å². The van der Waals surface area contributed by atoms with Gasteiger partial charge in [0, 0.05) is 17.3 Å². The van der Waals surface area contributed by atoms with E-state index >= 15 is 0 Å². The molecule has 0 amide bonds. The standard InChI is InChI=1S/2C12H18O/c1-2-3-6-12(9-13)8-10-4-5-11(12)7-10;1-2-3-4-10-7-9-5-6-11(8-9)12(10)13/h4-5,9-11H,2-3,6-8H2,1H3;5-6,9-11H,2-4,7-8H2,1H3. The van der Waals surface area contributed by atoms with Crippen LogP contribution in [0.3, 0.4) is 0 Å². The van der Waals surface area contributed by atoms with Gasteiger partial charge in [-0.25, -0.2) is 0 Å². The van der Waals surface area contributed by atoms with E-state index in [4.69, 9.17) is 0 Å². The Morgan fingerprint density at radius 1 is 1.00 bits per heavy atom. The summed E-state index contributed by atoms with van der Waals surface area (Å²) in [7, 11) is 0. The Hall–Kier alpha value is -1.18. The number of hydrogen-bond donors (Lipinski definition) is 0. The van der Waals surface area contributed by atoms with Crippen molar-refractivity contribution in [2.75, 3.05) is 0 Å². The summed E-state index contributed by atoms with van der Waals surface area (Å²) in [6, 6.07) is 0. The van der Waals surface area contributed by atoms with E-state index in [0.717, 1.165) is 38.0 Å². The lowest BCUT2D eigenvalue weighted by molar-refractivity contribution is -0.128. The number of carbonyl (C=O) groups excluding carboxylic acids is 2. The molecule has 0 radical (unpaired) electrons. The van der Waals surface area contributed by atoms with Crippen LogP contribution in [0.5, 0.6) is 0 Å². The number of fused-ring (bicyclic) bond motifs is 4. The minimum absolute atomic E-state index is 0.0371. The van der Waals surface area contributed by atoms with Crippen molar-refractivity contribution in [3.05, 3.63) is 24.3 Å². The topological polar surface area (TPSA) is 34.1 Å². The van der Waals surface area contributed by atoms with E-state index in [1.807, 2.05) is 0 Å². The average molecular weight is 357 g/mol. The Labute approximate surface area is 159 Å². The molecule has 6 unspecified atom stereocenters. The molecule has 2 nitrogen and oxygen atoms in total. The molecule has 0 heterocycles. The van der Waals surface area contributed by atoms with Gasteiger partial charge < -0.3 is 4.79 Å². The number of carbonyl (C=O) groups is 2. The number of allylic oxidation sites excluding steroid dienone is 4. The van der Waals surface area contributed by atoms with Crippen molar-refractivity contribution in [3.8, 4) is 0 Å². The van der Waals surface area contributed by atoms with Gasteiger partial charge in [-0.1, -0.05) is 63.8 Å².